The van der Waals surface area contributed by atoms with Gasteiger partial charge in [-0.15, -0.1) is 0 Å². The molecule has 1 amide bonds. The first kappa shape index (κ1) is 16.0. The normalized spacial score (nSPS) is 21.2. The van der Waals surface area contributed by atoms with Crippen molar-refractivity contribution in [1.82, 2.24) is 20.8 Å². The van der Waals surface area contributed by atoms with Crippen molar-refractivity contribution >= 4 is 17.5 Å². The molecule has 4 N–H and O–H groups in total. The van der Waals surface area contributed by atoms with E-state index in [0.717, 1.165) is 23.4 Å². The lowest BCUT2D eigenvalue weighted by Crippen LogP contribution is -2.52. The van der Waals surface area contributed by atoms with E-state index in [1.54, 1.807) is 12.1 Å². The van der Waals surface area contributed by atoms with Crippen LogP contribution in [0.2, 0.25) is 5.02 Å². The average Bonchev–Trinajstić information content (AvgIpc) is 2.92. The van der Waals surface area contributed by atoms with E-state index in [2.05, 4.69) is 20.8 Å². The number of aromatic amines is 1. The fraction of sp³-hybridized carbons (Fsp3) is 0.375. The smallest absolute Gasteiger partial charge is 0.269 e. The first-order chi connectivity index (χ1) is 11.1. The molecule has 122 valence electrons. The number of aliphatic hydroxyl groups excluding tert-OH is 1. The molecule has 1 aliphatic heterocycles. The fourth-order valence-corrected chi connectivity index (χ4v) is 2.88. The molecule has 1 aromatic carbocycles. The highest BCUT2D eigenvalue weighted by Gasteiger charge is 2.26. The van der Waals surface area contributed by atoms with E-state index in [0.29, 0.717) is 23.7 Å². The standard InChI is InChI=1S/C16H19ClN4O2/c1-9-14(10-2-4-11(17)5-3-10)20-21-15(9)16(23)19-12-6-7-18-8-13(12)22/h2-5,12-13,18,22H,6-8H2,1H3,(H,19,23)(H,20,21)/t12-,13-/m1/s1. The van der Waals surface area contributed by atoms with Gasteiger partial charge in [-0.3, -0.25) is 9.89 Å². The van der Waals surface area contributed by atoms with Crippen LogP contribution in [-0.4, -0.2) is 46.4 Å². The Morgan fingerprint density at radius 2 is 2.13 bits per heavy atom. The predicted molar refractivity (Wildman–Crippen MR) is 88.5 cm³/mol. The highest BCUT2D eigenvalue weighted by Crippen LogP contribution is 2.24. The number of hydrogen-bond acceptors (Lipinski definition) is 4. The molecule has 2 aromatic rings. The van der Waals surface area contributed by atoms with Crippen LogP contribution in [0.1, 0.15) is 22.5 Å². The summed E-state index contributed by atoms with van der Waals surface area (Å²) < 4.78 is 0. The molecule has 3 rings (SSSR count). The van der Waals surface area contributed by atoms with Gasteiger partial charge < -0.3 is 15.7 Å². The van der Waals surface area contributed by atoms with Gasteiger partial charge in [-0.25, -0.2) is 0 Å². The summed E-state index contributed by atoms with van der Waals surface area (Å²) in [4.78, 5) is 12.4. The van der Waals surface area contributed by atoms with Crippen molar-refractivity contribution in [2.24, 2.45) is 0 Å². The largest absolute Gasteiger partial charge is 0.390 e. The molecule has 7 heteroatoms. The number of piperidine rings is 1. The molecular formula is C16H19ClN4O2. The number of H-pyrrole nitrogens is 1. The summed E-state index contributed by atoms with van der Waals surface area (Å²) in [6.45, 7) is 3.12. The number of hydrogen-bond donors (Lipinski definition) is 4. The zero-order valence-electron chi connectivity index (χ0n) is 12.8. The number of benzene rings is 1. The molecule has 1 fully saturated rings. The van der Waals surface area contributed by atoms with Gasteiger partial charge in [-0.2, -0.15) is 5.10 Å². The molecule has 1 saturated heterocycles. The zero-order valence-corrected chi connectivity index (χ0v) is 13.5. The Kier molecular flexibility index (Phi) is 4.66. The Hall–Kier alpha value is -1.89. The minimum Gasteiger partial charge on any atom is -0.390 e. The SMILES string of the molecule is Cc1c(-c2ccc(Cl)cc2)n[nH]c1C(=O)N[C@@H]1CCNC[C@H]1O. The van der Waals surface area contributed by atoms with Crippen molar-refractivity contribution < 1.29 is 9.90 Å². The second-order valence-corrected chi connectivity index (χ2v) is 6.16. The number of rotatable bonds is 3. The molecule has 0 aliphatic carbocycles. The van der Waals surface area contributed by atoms with Crippen LogP contribution in [-0.2, 0) is 0 Å². The van der Waals surface area contributed by atoms with Gasteiger partial charge in [-0.05, 0) is 32.0 Å². The lowest BCUT2D eigenvalue weighted by molar-refractivity contribution is 0.0761. The van der Waals surface area contributed by atoms with Gasteiger partial charge >= 0.3 is 0 Å². The second kappa shape index (κ2) is 6.70. The first-order valence-electron chi connectivity index (χ1n) is 7.57. The summed E-state index contributed by atoms with van der Waals surface area (Å²) in [5.74, 6) is -0.249. The van der Waals surface area contributed by atoms with E-state index >= 15 is 0 Å². The van der Waals surface area contributed by atoms with Gasteiger partial charge in [-0.1, -0.05) is 23.7 Å². The number of β-amino-alcohol motifs (C(OH)–C–C–N with tert-alkyl or cyclic N) is 1. The molecule has 2 atom stereocenters. The van der Waals surface area contributed by atoms with Gasteiger partial charge in [0, 0.05) is 22.7 Å². The quantitative estimate of drug-likeness (QED) is 0.684. The van der Waals surface area contributed by atoms with E-state index in [4.69, 9.17) is 11.6 Å². The van der Waals surface area contributed by atoms with Crippen molar-refractivity contribution in [1.29, 1.82) is 0 Å². The number of nitrogens with zero attached hydrogens (tertiary/aromatic N) is 1. The van der Waals surface area contributed by atoms with Crippen LogP contribution in [0, 0.1) is 6.92 Å². The van der Waals surface area contributed by atoms with Crippen LogP contribution in [0.3, 0.4) is 0 Å². The fourth-order valence-electron chi connectivity index (χ4n) is 2.76. The Morgan fingerprint density at radius 1 is 1.39 bits per heavy atom. The van der Waals surface area contributed by atoms with E-state index in [1.165, 1.54) is 0 Å². The third kappa shape index (κ3) is 3.39. The topological polar surface area (TPSA) is 90.0 Å². The third-order valence-corrected chi connectivity index (χ3v) is 4.37. The van der Waals surface area contributed by atoms with Crippen molar-refractivity contribution in [3.63, 3.8) is 0 Å². The molecule has 0 unspecified atom stereocenters. The zero-order chi connectivity index (χ0) is 16.4. The minimum absolute atomic E-state index is 0.245. The van der Waals surface area contributed by atoms with Gasteiger partial charge in [0.1, 0.15) is 5.69 Å². The van der Waals surface area contributed by atoms with Gasteiger partial charge in [0.2, 0.25) is 0 Å². The van der Waals surface area contributed by atoms with E-state index in [-0.39, 0.29) is 11.9 Å². The van der Waals surface area contributed by atoms with Gasteiger partial charge in [0.25, 0.3) is 5.91 Å². The molecule has 0 bridgehead atoms. The average molecular weight is 335 g/mol. The number of aliphatic hydroxyl groups is 1. The van der Waals surface area contributed by atoms with Crippen LogP contribution >= 0.6 is 11.6 Å². The van der Waals surface area contributed by atoms with Crippen molar-refractivity contribution in [2.45, 2.75) is 25.5 Å². The maximum Gasteiger partial charge on any atom is 0.269 e. The van der Waals surface area contributed by atoms with Crippen LogP contribution in [0.4, 0.5) is 0 Å². The number of carbonyl (C=O) groups is 1. The Balaban J connectivity index is 1.78. The summed E-state index contributed by atoms with van der Waals surface area (Å²) in [7, 11) is 0. The van der Waals surface area contributed by atoms with Crippen LogP contribution < -0.4 is 10.6 Å². The van der Waals surface area contributed by atoms with Gasteiger partial charge in [0.15, 0.2) is 0 Å². The Labute approximate surface area is 139 Å². The summed E-state index contributed by atoms with van der Waals surface area (Å²) in [6.07, 6.45) is 0.121. The number of halogens is 1. The predicted octanol–water partition coefficient (Wildman–Crippen LogP) is 1.49. The summed E-state index contributed by atoms with van der Waals surface area (Å²) in [5.41, 5.74) is 2.80. The summed E-state index contributed by atoms with van der Waals surface area (Å²) >= 11 is 5.90. The Morgan fingerprint density at radius 3 is 2.83 bits per heavy atom. The maximum atomic E-state index is 12.4. The van der Waals surface area contributed by atoms with Crippen LogP contribution in [0.15, 0.2) is 24.3 Å². The monoisotopic (exact) mass is 334 g/mol. The molecule has 1 aromatic heterocycles. The van der Waals surface area contributed by atoms with Crippen LogP contribution in [0.5, 0.6) is 0 Å². The van der Waals surface area contributed by atoms with Gasteiger partial charge in [0.05, 0.1) is 17.8 Å². The molecule has 6 nitrogen and oxygen atoms in total. The van der Waals surface area contributed by atoms with Crippen LogP contribution in [0.25, 0.3) is 11.3 Å². The highest BCUT2D eigenvalue weighted by molar-refractivity contribution is 6.30. The maximum absolute atomic E-state index is 12.4. The molecule has 0 saturated carbocycles. The third-order valence-electron chi connectivity index (χ3n) is 4.12. The van der Waals surface area contributed by atoms with Crippen molar-refractivity contribution in [3.05, 3.63) is 40.5 Å². The Bertz CT molecular complexity index is 699. The molecular weight excluding hydrogens is 316 g/mol. The second-order valence-electron chi connectivity index (χ2n) is 5.72. The number of carbonyl (C=O) groups excluding carboxylic acids is 1. The molecule has 2 heterocycles. The number of amides is 1. The lowest BCUT2D eigenvalue weighted by Gasteiger charge is -2.28. The number of aromatic nitrogens is 2. The van der Waals surface area contributed by atoms with E-state index in [1.807, 2.05) is 19.1 Å². The molecule has 1 aliphatic rings. The molecule has 23 heavy (non-hydrogen) atoms. The first-order valence-corrected chi connectivity index (χ1v) is 7.94. The van der Waals surface area contributed by atoms with Crippen molar-refractivity contribution in [3.8, 4) is 11.3 Å². The number of nitrogens with one attached hydrogen (secondary N) is 3. The summed E-state index contributed by atoms with van der Waals surface area (Å²) in [5, 5.41) is 23.6. The van der Waals surface area contributed by atoms with E-state index in [9.17, 15) is 9.90 Å². The molecule has 0 spiro atoms. The highest BCUT2D eigenvalue weighted by atomic mass is 35.5. The summed E-state index contributed by atoms with van der Waals surface area (Å²) in [6, 6.07) is 7.06. The lowest BCUT2D eigenvalue weighted by atomic mass is 10.0. The van der Waals surface area contributed by atoms with E-state index < -0.39 is 6.10 Å². The molecule has 0 radical (unpaired) electrons. The van der Waals surface area contributed by atoms with Crippen molar-refractivity contribution in [2.75, 3.05) is 13.1 Å². The minimum atomic E-state index is -0.577.